The number of benzene rings is 2. The van der Waals surface area contributed by atoms with E-state index >= 15 is 0 Å². The molecule has 178 valence electrons. The molecule has 1 atom stereocenters. The number of nitrogens with one attached hydrogen (secondary N) is 1. The number of hydrogen-bond acceptors (Lipinski definition) is 6. The predicted molar refractivity (Wildman–Crippen MR) is 132 cm³/mol. The molecule has 3 heterocycles. The van der Waals surface area contributed by atoms with E-state index in [2.05, 4.69) is 10.2 Å². The Balaban J connectivity index is 1.58. The van der Waals surface area contributed by atoms with Crippen molar-refractivity contribution >= 4 is 28.5 Å². The summed E-state index contributed by atoms with van der Waals surface area (Å²) in [6.07, 6.45) is 2.18. The van der Waals surface area contributed by atoms with Gasteiger partial charge in [0.2, 0.25) is 5.95 Å². The van der Waals surface area contributed by atoms with Gasteiger partial charge in [0, 0.05) is 36.8 Å². The van der Waals surface area contributed by atoms with Crippen LogP contribution in [0.1, 0.15) is 47.3 Å². The third-order valence-electron chi connectivity index (χ3n) is 7.09. The molecule has 3 aromatic rings. The van der Waals surface area contributed by atoms with Crippen LogP contribution in [0.2, 0.25) is 0 Å². The fourth-order valence-corrected chi connectivity index (χ4v) is 5.27. The molecule has 0 amide bonds. The van der Waals surface area contributed by atoms with Gasteiger partial charge in [0.15, 0.2) is 0 Å². The smallest absolute Gasteiger partial charge is 0.337 e. The number of para-hydroxylation sites is 1. The standard InChI is InChI=1S/C26H30N4O4/c1-16-11-19(17(2)27-21-8-5-4-7-18(21)24(32)33)22-20(12-16)23(31)29(3)25(28-22)30-10-6-9-26(13-30)14-34-15-26/h4-5,7-8,11-12,17,27H,6,9-10,13-15H2,1-3H3,(H,32,33)/t17-/m0/s1. The van der Waals surface area contributed by atoms with E-state index in [4.69, 9.17) is 9.72 Å². The maximum atomic E-state index is 13.4. The van der Waals surface area contributed by atoms with Crippen LogP contribution in [0.15, 0.2) is 41.2 Å². The number of nitrogens with zero attached hydrogens (tertiary/aromatic N) is 3. The van der Waals surface area contributed by atoms with Gasteiger partial charge in [0.05, 0.1) is 35.7 Å². The molecule has 2 N–H and O–H groups in total. The zero-order valence-electron chi connectivity index (χ0n) is 19.8. The van der Waals surface area contributed by atoms with E-state index in [0.717, 1.165) is 50.3 Å². The molecule has 0 unspecified atom stereocenters. The molecule has 5 rings (SSSR count). The Bertz CT molecular complexity index is 1330. The first-order chi connectivity index (χ1) is 16.3. The zero-order valence-corrected chi connectivity index (χ0v) is 19.8. The lowest BCUT2D eigenvalue weighted by atomic mass is 9.78. The highest BCUT2D eigenvalue weighted by molar-refractivity contribution is 5.94. The number of hydrogen-bond donors (Lipinski definition) is 2. The van der Waals surface area contributed by atoms with Crippen molar-refractivity contribution in [2.24, 2.45) is 12.5 Å². The quantitative estimate of drug-likeness (QED) is 0.596. The number of fused-ring (bicyclic) bond motifs is 1. The number of carboxylic acids is 1. The van der Waals surface area contributed by atoms with Crippen LogP contribution in [0.3, 0.4) is 0 Å². The van der Waals surface area contributed by atoms with Crippen molar-refractivity contribution in [2.45, 2.75) is 32.7 Å². The first-order valence-electron chi connectivity index (χ1n) is 11.7. The van der Waals surface area contributed by atoms with Gasteiger partial charge in [-0.05, 0) is 50.5 Å². The number of aryl methyl sites for hydroxylation is 1. The number of rotatable bonds is 5. The summed E-state index contributed by atoms with van der Waals surface area (Å²) < 4.78 is 7.16. The van der Waals surface area contributed by atoms with Crippen LogP contribution in [0.25, 0.3) is 10.9 Å². The Hall–Kier alpha value is -3.39. The summed E-state index contributed by atoms with van der Waals surface area (Å²) in [5.41, 5.74) is 3.30. The molecule has 8 nitrogen and oxygen atoms in total. The Labute approximate surface area is 198 Å². The summed E-state index contributed by atoms with van der Waals surface area (Å²) in [6, 6.07) is 10.5. The molecule has 1 aromatic heterocycles. The Morgan fingerprint density at radius 2 is 2.03 bits per heavy atom. The lowest BCUT2D eigenvalue weighted by molar-refractivity contribution is -0.118. The number of carbonyl (C=O) groups is 1. The van der Waals surface area contributed by atoms with Crippen LogP contribution in [0.5, 0.6) is 0 Å². The summed E-state index contributed by atoms with van der Waals surface area (Å²) in [7, 11) is 1.79. The van der Waals surface area contributed by atoms with Gasteiger partial charge < -0.3 is 20.1 Å². The molecule has 2 aliphatic heterocycles. The summed E-state index contributed by atoms with van der Waals surface area (Å²) in [5.74, 6) is -0.315. The van der Waals surface area contributed by atoms with Gasteiger partial charge >= 0.3 is 5.97 Å². The van der Waals surface area contributed by atoms with E-state index < -0.39 is 5.97 Å². The normalized spacial score (nSPS) is 18.0. The number of aromatic nitrogens is 2. The minimum Gasteiger partial charge on any atom is -0.478 e. The average molecular weight is 463 g/mol. The van der Waals surface area contributed by atoms with Gasteiger partial charge in [0.25, 0.3) is 5.56 Å². The molecule has 2 aliphatic rings. The summed E-state index contributed by atoms with van der Waals surface area (Å²) >= 11 is 0. The zero-order chi connectivity index (χ0) is 24.0. The Kier molecular flexibility index (Phi) is 5.56. The fraction of sp³-hybridized carbons (Fsp3) is 0.423. The third kappa shape index (κ3) is 3.81. The van der Waals surface area contributed by atoms with Crippen molar-refractivity contribution in [1.82, 2.24) is 9.55 Å². The first-order valence-corrected chi connectivity index (χ1v) is 11.7. The molecular formula is C26H30N4O4. The van der Waals surface area contributed by atoms with E-state index in [1.54, 1.807) is 35.9 Å². The van der Waals surface area contributed by atoms with Crippen LogP contribution in [-0.4, -0.2) is 46.9 Å². The molecule has 2 fully saturated rings. The molecule has 8 heteroatoms. The molecule has 0 radical (unpaired) electrons. The molecule has 2 aromatic carbocycles. The summed E-state index contributed by atoms with van der Waals surface area (Å²) in [4.78, 5) is 32.4. The molecule has 34 heavy (non-hydrogen) atoms. The van der Waals surface area contributed by atoms with Gasteiger partial charge in [-0.25, -0.2) is 9.78 Å². The molecule has 0 aliphatic carbocycles. The summed E-state index contributed by atoms with van der Waals surface area (Å²) in [6.45, 7) is 7.14. The largest absolute Gasteiger partial charge is 0.478 e. The molecular weight excluding hydrogens is 432 g/mol. The van der Waals surface area contributed by atoms with Crippen molar-refractivity contribution < 1.29 is 14.6 Å². The van der Waals surface area contributed by atoms with E-state index in [1.165, 1.54) is 0 Å². The van der Waals surface area contributed by atoms with Gasteiger partial charge in [-0.2, -0.15) is 0 Å². The maximum absolute atomic E-state index is 13.4. The van der Waals surface area contributed by atoms with Crippen molar-refractivity contribution in [3.8, 4) is 0 Å². The van der Waals surface area contributed by atoms with E-state index in [9.17, 15) is 14.7 Å². The van der Waals surface area contributed by atoms with Gasteiger partial charge in [0.1, 0.15) is 0 Å². The first kappa shape index (κ1) is 22.4. The Morgan fingerprint density at radius 3 is 2.74 bits per heavy atom. The fourth-order valence-electron chi connectivity index (χ4n) is 5.27. The van der Waals surface area contributed by atoms with Gasteiger partial charge in [-0.15, -0.1) is 0 Å². The van der Waals surface area contributed by atoms with Crippen molar-refractivity contribution in [3.05, 3.63) is 63.4 Å². The van der Waals surface area contributed by atoms with Crippen LogP contribution < -0.4 is 15.8 Å². The number of aromatic carboxylic acids is 1. The van der Waals surface area contributed by atoms with Crippen LogP contribution in [0, 0.1) is 12.3 Å². The topological polar surface area (TPSA) is 96.7 Å². The van der Waals surface area contributed by atoms with E-state index in [1.807, 2.05) is 26.0 Å². The number of ether oxygens (including phenoxy) is 1. The highest BCUT2D eigenvalue weighted by Crippen LogP contribution is 2.38. The molecule has 0 saturated carbocycles. The number of carboxylic acid groups (broad SMARTS) is 1. The summed E-state index contributed by atoms with van der Waals surface area (Å²) in [5, 5.41) is 13.5. The average Bonchev–Trinajstić information content (AvgIpc) is 2.80. The van der Waals surface area contributed by atoms with E-state index in [0.29, 0.717) is 22.5 Å². The van der Waals surface area contributed by atoms with Crippen LogP contribution in [0.4, 0.5) is 11.6 Å². The van der Waals surface area contributed by atoms with Gasteiger partial charge in [-0.3, -0.25) is 9.36 Å². The van der Waals surface area contributed by atoms with Crippen LogP contribution in [-0.2, 0) is 11.8 Å². The van der Waals surface area contributed by atoms with Gasteiger partial charge in [-0.1, -0.05) is 18.2 Å². The van der Waals surface area contributed by atoms with Crippen molar-refractivity contribution in [3.63, 3.8) is 0 Å². The predicted octanol–water partition coefficient (Wildman–Crippen LogP) is 3.73. The number of anilines is 2. The minimum atomic E-state index is -0.988. The lowest BCUT2D eigenvalue weighted by Gasteiger charge is -2.48. The van der Waals surface area contributed by atoms with Crippen molar-refractivity contribution in [1.29, 1.82) is 0 Å². The second-order valence-electron chi connectivity index (χ2n) is 9.76. The lowest BCUT2D eigenvalue weighted by Crippen LogP contribution is -2.55. The highest BCUT2D eigenvalue weighted by atomic mass is 16.5. The second-order valence-corrected chi connectivity index (χ2v) is 9.76. The molecule has 1 spiro atoms. The van der Waals surface area contributed by atoms with Crippen LogP contribution >= 0.6 is 0 Å². The van der Waals surface area contributed by atoms with Crippen molar-refractivity contribution in [2.75, 3.05) is 36.5 Å². The van der Waals surface area contributed by atoms with E-state index in [-0.39, 0.29) is 22.6 Å². The Morgan fingerprint density at radius 1 is 1.26 bits per heavy atom. The third-order valence-corrected chi connectivity index (χ3v) is 7.09. The SMILES string of the molecule is Cc1cc([C@H](C)Nc2ccccc2C(=O)O)c2nc(N3CCCC4(COC4)C3)n(C)c(=O)c2c1. The molecule has 2 saturated heterocycles. The minimum absolute atomic E-state index is 0.0763. The monoisotopic (exact) mass is 462 g/mol. The second kappa shape index (κ2) is 8.43. The number of piperidine rings is 1. The molecule has 0 bridgehead atoms. The maximum Gasteiger partial charge on any atom is 0.337 e. The highest BCUT2D eigenvalue weighted by Gasteiger charge is 2.43.